The van der Waals surface area contributed by atoms with Crippen LogP contribution < -0.4 is 0 Å². The largest absolute Gasteiger partial charge is 0.478 e. The number of carboxylic acids is 1. The van der Waals surface area contributed by atoms with Crippen LogP contribution in [0.1, 0.15) is 58.8 Å². The number of aromatic carboxylic acids is 1. The third kappa shape index (κ3) is 5.11. The predicted octanol–water partition coefficient (Wildman–Crippen LogP) is 7.20. The van der Waals surface area contributed by atoms with Gasteiger partial charge in [-0.1, -0.05) is 80.6 Å². The molecule has 0 amide bonds. The van der Waals surface area contributed by atoms with Gasteiger partial charge < -0.3 is 5.11 Å². The Morgan fingerprint density at radius 2 is 1.81 bits per heavy atom. The van der Waals surface area contributed by atoms with Crippen LogP contribution in [-0.4, -0.2) is 16.8 Å². The highest BCUT2D eigenvalue weighted by Gasteiger charge is 2.28. The number of hydrogen-bond donors (Lipinski definition) is 1. The Morgan fingerprint density at radius 1 is 1.06 bits per heavy atom. The molecule has 0 saturated heterocycles. The molecule has 0 aliphatic carbocycles. The number of hydrogen-bond acceptors (Lipinski definition) is 2. The second-order valence-corrected chi connectivity index (χ2v) is 9.96. The van der Waals surface area contributed by atoms with Crippen molar-refractivity contribution in [1.82, 2.24) is 0 Å². The molecule has 1 heterocycles. The van der Waals surface area contributed by atoms with Gasteiger partial charge in [-0.2, -0.15) is 0 Å². The van der Waals surface area contributed by atoms with Crippen molar-refractivity contribution in [1.29, 1.82) is 0 Å². The summed E-state index contributed by atoms with van der Waals surface area (Å²) in [6, 6.07) is 24.6. The summed E-state index contributed by atoms with van der Waals surface area (Å²) in [5, 5.41) is 9.13. The minimum Gasteiger partial charge on any atom is -0.478 e. The Balaban J connectivity index is 1.67. The van der Waals surface area contributed by atoms with Gasteiger partial charge in [0.2, 0.25) is 0 Å². The smallest absolute Gasteiger partial charge is 0.335 e. The highest BCUT2D eigenvalue weighted by atomic mass is 32.2. The second-order valence-electron chi connectivity index (χ2n) is 8.82. The van der Waals surface area contributed by atoms with Crippen molar-refractivity contribution >= 4 is 23.8 Å². The standard InChI is InChI=1S/C28H28O2S/c1-28(2)16-17-31-26-15-14-24(19-25(26)28)23(18-21-6-4-3-5-7-21)13-10-20-8-11-22(12-9-20)27(29)30/h3-15,19,23H,16-18H2,1-2H3,(H,29,30). The van der Waals surface area contributed by atoms with Crippen LogP contribution in [0.3, 0.4) is 0 Å². The Bertz CT molecular complexity index is 1080. The van der Waals surface area contributed by atoms with E-state index in [-0.39, 0.29) is 11.3 Å². The zero-order chi connectivity index (χ0) is 21.8. The second kappa shape index (κ2) is 9.15. The number of carbonyl (C=O) groups is 1. The molecule has 31 heavy (non-hydrogen) atoms. The minimum absolute atomic E-state index is 0.199. The summed E-state index contributed by atoms with van der Waals surface area (Å²) in [6.45, 7) is 4.70. The van der Waals surface area contributed by atoms with Gasteiger partial charge in [-0.15, -0.1) is 11.8 Å². The van der Waals surface area contributed by atoms with E-state index in [0.29, 0.717) is 5.56 Å². The zero-order valence-electron chi connectivity index (χ0n) is 18.0. The van der Waals surface area contributed by atoms with Crippen LogP contribution in [0, 0.1) is 0 Å². The van der Waals surface area contributed by atoms with Gasteiger partial charge in [-0.3, -0.25) is 0 Å². The average Bonchev–Trinajstić information content (AvgIpc) is 2.77. The molecule has 0 aromatic heterocycles. The number of allylic oxidation sites excluding steroid dienone is 1. The third-order valence-electron chi connectivity index (χ3n) is 6.12. The lowest BCUT2D eigenvalue weighted by Gasteiger charge is -2.33. The molecule has 3 heteroatoms. The van der Waals surface area contributed by atoms with E-state index in [2.05, 4.69) is 74.5 Å². The molecule has 0 fully saturated rings. The van der Waals surface area contributed by atoms with Gasteiger partial charge >= 0.3 is 5.97 Å². The molecular formula is C28H28O2S. The summed E-state index contributed by atoms with van der Waals surface area (Å²) < 4.78 is 0. The summed E-state index contributed by atoms with van der Waals surface area (Å²) in [5.74, 6) is 0.528. The number of thioether (sulfide) groups is 1. The first kappa shape index (κ1) is 21.5. The first-order valence-electron chi connectivity index (χ1n) is 10.7. The summed E-state index contributed by atoms with van der Waals surface area (Å²) >= 11 is 1.96. The lowest BCUT2D eigenvalue weighted by molar-refractivity contribution is 0.0697. The molecule has 3 aromatic carbocycles. The van der Waals surface area contributed by atoms with Crippen LogP contribution in [0.4, 0.5) is 0 Å². The van der Waals surface area contributed by atoms with Crippen molar-refractivity contribution in [2.75, 3.05) is 5.75 Å². The van der Waals surface area contributed by atoms with Crippen molar-refractivity contribution < 1.29 is 9.90 Å². The van der Waals surface area contributed by atoms with Crippen LogP contribution in [-0.2, 0) is 11.8 Å². The van der Waals surface area contributed by atoms with Gasteiger partial charge in [0.05, 0.1) is 5.56 Å². The Hall–Kier alpha value is -2.78. The lowest BCUT2D eigenvalue weighted by Crippen LogP contribution is -2.23. The van der Waals surface area contributed by atoms with E-state index < -0.39 is 5.97 Å². The first-order chi connectivity index (χ1) is 14.9. The summed E-state index contributed by atoms with van der Waals surface area (Å²) in [4.78, 5) is 12.5. The van der Waals surface area contributed by atoms with E-state index in [0.717, 1.165) is 12.0 Å². The van der Waals surface area contributed by atoms with Gasteiger partial charge in [0, 0.05) is 10.8 Å². The van der Waals surface area contributed by atoms with E-state index in [1.807, 2.05) is 23.9 Å². The van der Waals surface area contributed by atoms with Crippen LogP contribution in [0.15, 0.2) is 83.8 Å². The number of rotatable bonds is 6. The average molecular weight is 429 g/mol. The molecule has 1 aliphatic rings. The highest BCUT2D eigenvalue weighted by Crippen LogP contribution is 2.42. The molecule has 1 atom stereocenters. The van der Waals surface area contributed by atoms with Gasteiger partial charge in [0.25, 0.3) is 0 Å². The summed E-state index contributed by atoms with van der Waals surface area (Å²) in [7, 11) is 0. The van der Waals surface area contributed by atoms with E-state index in [4.69, 9.17) is 5.11 Å². The Kier molecular flexibility index (Phi) is 6.33. The Morgan fingerprint density at radius 3 is 2.52 bits per heavy atom. The Labute approximate surface area is 189 Å². The van der Waals surface area contributed by atoms with Gasteiger partial charge in [0.1, 0.15) is 0 Å². The number of benzene rings is 3. The molecule has 0 spiro atoms. The molecule has 158 valence electrons. The molecule has 0 saturated carbocycles. The SMILES string of the molecule is CC1(C)CCSc2ccc(C(C=Cc3ccc(C(=O)O)cc3)Cc3ccccc3)cc21. The monoisotopic (exact) mass is 428 g/mol. The zero-order valence-corrected chi connectivity index (χ0v) is 18.9. The maximum atomic E-state index is 11.1. The fourth-order valence-corrected chi connectivity index (χ4v) is 5.60. The van der Waals surface area contributed by atoms with E-state index in [1.54, 1.807) is 12.1 Å². The predicted molar refractivity (Wildman–Crippen MR) is 130 cm³/mol. The fourth-order valence-electron chi connectivity index (χ4n) is 4.11. The van der Waals surface area contributed by atoms with Crippen LogP contribution in [0.5, 0.6) is 0 Å². The van der Waals surface area contributed by atoms with Crippen LogP contribution in [0.25, 0.3) is 6.08 Å². The molecule has 1 aliphatic heterocycles. The van der Waals surface area contributed by atoms with Crippen molar-refractivity contribution in [2.24, 2.45) is 0 Å². The molecule has 0 radical (unpaired) electrons. The van der Waals surface area contributed by atoms with Gasteiger partial charge in [-0.25, -0.2) is 4.79 Å². The fraction of sp³-hybridized carbons (Fsp3) is 0.250. The summed E-state index contributed by atoms with van der Waals surface area (Å²) in [5.41, 5.74) is 5.62. The first-order valence-corrected chi connectivity index (χ1v) is 11.7. The quantitative estimate of drug-likeness (QED) is 0.451. The lowest BCUT2D eigenvalue weighted by atomic mass is 9.79. The number of carboxylic acid groups (broad SMARTS) is 1. The maximum Gasteiger partial charge on any atom is 0.335 e. The molecule has 1 unspecified atom stereocenters. The third-order valence-corrected chi connectivity index (χ3v) is 7.20. The highest BCUT2D eigenvalue weighted by molar-refractivity contribution is 7.99. The minimum atomic E-state index is -0.896. The van der Waals surface area contributed by atoms with E-state index >= 15 is 0 Å². The molecule has 0 bridgehead atoms. The number of fused-ring (bicyclic) bond motifs is 1. The normalized spacial score (nSPS) is 16.1. The van der Waals surface area contributed by atoms with Crippen LogP contribution >= 0.6 is 11.8 Å². The van der Waals surface area contributed by atoms with Crippen molar-refractivity contribution in [3.8, 4) is 0 Å². The molecule has 4 rings (SSSR count). The van der Waals surface area contributed by atoms with Crippen molar-refractivity contribution in [2.45, 2.75) is 42.9 Å². The molecule has 2 nitrogen and oxygen atoms in total. The van der Waals surface area contributed by atoms with Crippen molar-refractivity contribution in [3.63, 3.8) is 0 Å². The topological polar surface area (TPSA) is 37.3 Å². The van der Waals surface area contributed by atoms with E-state index in [1.165, 1.54) is 33.8 Å². The maximum absolute atomic E-state index is 11.1. The molecule has 3 aromatic rings. The molecule has 1 N–H and O–H groups in total. The van der Waals surface area contributed by atoms with E-state index in [9.17, 15) is 4.79 Å². The van der Waals surface area contributed by atoms with Gasteiger partial charge in [0.15, 0.2) is 0 Å². The molecular weight excluding hydrogens is 400 g/mol. The van der Waals surface area contributed by atoms with Gasteiger partial charge in [-0.05, 0) is 64.5 Å². The van der Waals surface area contributed by atoms with Crippen LogP contribution in [0.2, 0.25) is 0 Å². The summed E-state index contributed by atoms with van der Waals surface area (Å²) in [6.07, 6.45) is 6.49. The van der Waals surface area contributed by atoms with Crippen molar-refractivity contribution in [3.05, 3.63) is 107 Å².